The van der Waals surface area contributed by atoms with Crippen LogP contribution in [0.25, 0.3) is 0 Å². The number of esters is 1. The van der Waals surface area contributed by atoms with Gasteiger partial charge < -0.3 is 19.2 Å². The molecule has 17 heavy (non-hydrogen) atoms. The standard InChI is InChI=1S/C11H18N2O4/c1-4-16-10(15)9-7-17-11(12-9)13(3)6-5-8(2)14/h7-8,14H,4-6H2,1-3H3. The molecule has 1 atom stereocenters. The van der Waals surface area contributed by atoms with Gasteiger partial charge in [0.15, 0.2) is 5.69 Å². The summed E-state index contributed by atoms with van der Waals surface area (Å²) >= 11 is 0. The van der Waals surface area contributed by atoms with Gasteiger partial charge in [-0.1, -0.05) is 0 Å². The van der Waals surface area contributed by atoms with Crippen molar-refractivity contribution in [2.24, 2.45) is 0 Å². The van der Waals surface area contributed by atoms with E-state index >= 15 is 0 Å². The maximum Gasteiger partial charge on any atom is 0.360 e. The molecule has 0 aliphatic heterocycles. The molecule has 0 spiro atoms. The molecule has 0 fully saturated rings. The number of aliphatic hydroxyl groups is 1. The fraction of sp³-hybridized carbons (Fsp3) is 0.636. The molecule has 1 N–H and O–H groups in total. The Bertz CT molecular complexity index is 362. The normalized spacial score (nSPS) is 12.2. The van der Waals surface area contributed by atoms with Crippen LogP contribution in [0.3, 0.4) is 0 Å². The van der Waals surface area contributed by atoms with Gasteiger partial charge in [0.2, 0.25) is 0 Å². The summed E-state index contributed by atoms with van der Waals surface area (Å²) in [6, 6.07) is 0.341. The summed E-state index contributed by atoms with van der Waals surface area (Å²) in [5, 5.41) is 9.16. The zero-order chi connectivity index (χ0) is 12.8. The lowest BCUT2D eigenvalue weighted by Gasteiger charge is -2.14. The van der Waals surface area contributed by atoms with Crippen molar-refractivity contribution >= 4 is 12.0 Å². The van der Waals surface area contributed by atoms with Crippen LogP contribution in [0, 0.1) is 0 Å². The molecule has 6 nitrogen and oxygen atoms in total. The van der Waals surface area contributed by atoms with Crippen molar-refractivity contribution in [3.05, 3.63) is 12.0 Å². The first-order valence-electron chi connectivity index (χ1n) is 5.56. The van der Waals surface area contributed by atoms with Crippen LogP contribution >= 0.6 is 0 Å². The first-order chi connectivity index (χ1) is 8.04. The molecule has 0 aliphatic rings. The maximum atomic E-state index is 11.3. The molecule has 0 radical (unpaired) electrons. The number of carbonyl (C=O) groups is 1. The Kier molecular flexibility index (Phi) is 4.96. The van der Waals surface area contributed by atoms with E-state index in [4.69, 9.17) is 14.3 Å². The SMILES string of the molecule is CCOC(=O)c1coc(N(C)CCC(C)O)n1. The quantitative estimate of drug-likeness (QED) is 0.752. The first-order valence-corrected chi connectivity index (χ1v) is 5.56. The van der Waals surface area contributed by atoms with E-state index in [1.54, 1.807) is 25.8 Å². The third-order valence-corrected chi connectivity index (χ3v) is 2.19. The van der Waals surface area contributed by atoms with Crippen LogP contribution < -0.4 is 4.90 Å². The molecule has 0 saturated heterocycles. The smallest absolute Gasteiger partial charge is 0.360 e. The minimum Gasteiger partial charge on any atom is -0.461 e. The van der Waals surface area contributed by atoms with Crippen molar-refractivity contribution < 1.29 is 19.1 Å². The molecule has 0 aliphatic carbocycles. The Balaban J connectivity index is 2.57. The van der Waals surface area contributed by atoms with E-state index in [-0.39, 0.29) is 11.8 Å². The van der Waals surface area contributed by atoms with Gasteiger partial charge in [-0.05, 0) is 20.3 Å². The van der Waals surface area contributed by atoms with Gasteiger partial charge in [0.05, 0.1) is 12.7 Å². The van der Waals surface area contributed by atoms with Crippen molar-refractivity contribution in [3.63, 3.8) is 0 Å². The fourth-order valence-electron chi connectivity index (χ4n) is 1.21. The second-order valence-corrected chi connectivity index (χ2v) is 3.80. The number of carbonyl (C=O) groups excluding carboxylic acids is 1. The van der Waals surface area contributed by atoms with Crippen LogP contribution in [0.4, 0.5) is 6.01 Å². The predicted molar refractivity (Wildman–Crippen MR) is 62.0 cm³/mol. The molecule has 1 unspecified atom stereocenters. The van der Waals surface area contributed by atoms with Gasteiger partial charge in [-0.25, -0.2) is 4.79 Å². The van der Waals surface area contributed by atoms with E-state index in [2.05, 4.69) is 4.98 Å². The minimum atomic E-state index is -0.494. The van der Waals surface area contributed by atoms with Gasteiger partial charge in [-0.2, -0.15) is 4.98 Å². The lowest BCUT2D eigenvalue weighted by molar-refractivity contribution is 0.0519. The second kappa shape index (κ2) is 6.24. The Morgan fingerprint density at radius 3 is 3.00 bits per heavy atom. The highest BCUT2D eigenvalue weighted by Gasteiger charge is 2.15. The molecule has 1 rings (SSSR count). The van der Waals surface area contributed by atoms with Crippen LogP contribution in [-0.2, 0) is 4.74 Å². The summed E-state index contributed by atoms with van der Waals surface area (Å²) in [4.78, 5) is 17.1. The van der Waals surface area contributed by atoms with Gasteiger partial charge in [0, 0.05) is 13.6 Å². The summed E-state index contributed by atoms with van der Waals surface area (Å²) in [6.07, 6.45) is 1.50. The number of ether oxygens (including phenoxy) is 1. The van der Waals surface area contributed by atoms with E-state index in [0.29, 0.717) is 25.6 Å². The highest BCUT2D eigenvalue weighted by atomic mass is 16.5. The summed E-state index contributed by atoms with van der Waals surface area (Å²) in [6.45, 7) is 4.35. The predicted octanol–water partition coefficient (Wildman–Crippen LogP) is 1.06. The molecule has 1 heterocycles. The number of hydrogen-bond acceptors (Lipinski definition) is 6. The van der Waals surface area contributed by atoms with Crippen molar-refractivity contribution in [2.75, 3.05) is 25.1 Å². The monoisotopic (exact) mass is 242 g/mol. The largest absolute Gasteiger partial charge is 0.461 e. The Morgan fingerprint density at radius 2 is 2.41 bits per heavy atom. The average molecular weight is 242 g/mol. The van der Waals surface area contributed by atoms with E-state index in [1.165, 1.54) is 6.26 Å². The van der Waals surface area contributed by atoms with E-state index in [9.17, 15) is 4.79 Å². The van der Waals surface area contributed by atoms with E-state index in [1.807, 2.05) is 0 Å². The maximum absolute atomic E-state index is 11.3. The second-order valence-electron chi connectivity index (χ2n) is 3.80. The van der Waals surface area contributed by atoms with Crippen molar-refractivity contribution in [1.82, 2.24) is 4.98 Å². The number of aromatic nitrogens is 1. The summed E-state index contributed by atoms with van der Waals surface area (Å²) in [5.74, 6) is -0.494. The third kappa shape index (κ3) is 4.07. The Labute approximate surface area is 100 Å². The molecular formula is C11H18N2O4. The average Bonchev–Trinajstić information content (AvgIpc) is 2.75. The van der Waals surface area contributed by atoms with Crippen molar-refractivity contribution in [3.8, 4) is 0 Å². The molecule has 96 valence electrons. The van der Waals surface area contributed by atoms with Gasteiger partial charge in [0.1, 0.15) is 6.26 Å². The summed E-state index contributed by atoms with van der Waals surface area (Å²) in [5.41, 5.74) is 0.158. The highest BCUT2D eigenvalue weighted by molar-refractivity contribution is 5.87. The number of anilines is 1. The number of hydrogen-bond donors (Lipinski definition) is 1. The lowest BCUT2D eigenvalue weighted by Crippen LogP contribution is -2.22. The van der Waals surface area contributed by atoms with E-state index in [0.717, 1.165) is 0 Å². The summed E-state index contributed by atoms with van der Waals surface area (Å²) < 4.78 is 9.96. The zero-order valence-corrected chi connectivity index (χ0v) is 10.3. The molecule has 0 aromatic carbocycles. The number of oxazole rings is 1. The fourth-order valence-corrected chi connectivity index (χ4v) is 1.21. The number of nitrogens with zero attached hydrogens (tertiary/aromatic N) is 2. The van der Waals surface area contributed by atoms with E-state index < -0.39 is 5.97 Å². The molecule has 1 aromatic rings. The highest BCUT2D eigenvalue weighted by Crippen LogP contribution is 2.13. The molecular weight excluding hydrogens is 224 g/mol. The molecule has 0 bridgehead atoms. The minimum absolute atomic E-state index is 0.158. The molecule has 1 aromatic heterocycles. The lowest BCUT2D eigenvalue weighted by atomic mass is 10.3. The van der Waals surface area contributed by atoms with Crippen LogP contribution in [0.1, 0.15) is 30.8 Å². The first kappa shape index (κ1) is 13.5. The van der Waals surface area contributed by atoms with Gasteiger partial charge in [-0.15, -0.1) is 0 Å². The van der Waals surface area contributed by atoms with Gasteiger partial charge in [-0.3, -0.25) is 0 Å². The molecule has 0 amide bonds. The summed E-state index contributed by atoms with van der Waals surface area (Å²) in [7, 11) is 1.78. The number of aliphatic hydroxyl groups excluding tert-OH is 1. The van der Waals surface area contributed by atoms with Crippen LogP contribution in [0.5, 0.6) is 0 Å². The van der Waals surface area contributed by atoms with Crippen molar-refractivity contribution in [1.29, 1.82) is 0 Å². The van der Waals surface area contributed by atoms with Crippen LogP contribution in [0.2, 0.25) is 0 Å². The number of rotatable bonds is 6. The van der Waals surface area contributed by atoms with Gasteiger partial charge >= 0.3 is 5.97 Å². The van der Waals surface area contributed by atoms with Gasteiger partial charge in [0.25, 0.3) is 6.01 Å². The Morgan fingerprint density at radius 1 is 1.71 bits per heavy atom. The zero-order valence-electron chi connectivity index (χ0n) is 10.3. The molecule has 0 saturated carbocycles. The molecule has 6 heteroatoms. The van der Waals surface area contributed by atoms with Crippen LogP contribution in [-0.4, -0.2) is 42.4 Å². The van der Waals surface area contributed by atoms with Crippen molar-refractivity contribution in [2.45, 2.75) is 26.4 Å². The third-order valence-electron chi connectivity index (χ3n) is 2.19. The van der Waals surface area contributed by atoms with Crippen LogP contribution in [0.15, 0.2) is 10.7 Å². The Hall–Kier alpha value is -1.56. The topological polar surface area (TPSA) is 75.8 Å².